The van der Waals surface area contributed by atoms with Crippen molar-refractivity contribution in [2.24, 2.45) is 0 Å². The van der Waals surface area contributed by atoms with Crippen molar-refractivity contribution in [3.8, 4) is 28.8 Å². The number of quaternary nitrogens is 1. The minimum atomic E-state index is -4.62. The zero-order chi connectivity index (χ0) is 36.1. The number of alkyl halides is 3. The molecule has 0 saturated heterocycles. The number of halogens is 3. The largest absolute Gasteiger partial charge is 0.416 e. The van der Waals surface area contributed by atoms with E-state index >= 15 is 0 Å². The molecule has 12 heteroatoms. The molecule has 1 N–H and O–H groups in total. The molecule has 1 aliphatic carbocycles. The molecule has 6 rings (SSSR count). The molecule has 260 valence electrons. The number of nitriles is 1. The van der Waals surface area contributed by atoms with Crippen LogP contribution < -0.4 is 11.0 Å². The van der Waals surface area contributed by atoms with Crippen molar-refractivity contribution in [1.29, 1.82) is 5.26 Å². The number of imidazole rings is 1. The van der Waals surface area contributed by atoms with E-state index in [0.717, 1.165) is 58.0 Å². The lowest BCUT2D eigenvalue weighted by Crippen LogP contribution is -2.52. The second kappa shape index (κ2) is 15.0. The number of carbonyl (C=O) groups is 1. The Hall–Kier alpha value is -5.41. The number of hydrogen-bond donors (Lipinski definition) is 1. The van der Waals surface area contributed by atoms with Crippen LogP contribution in [0.25, 0.3) is 22.8 Å². The standard InChI is InChI=1S/C32H34F3N7O2.C6H6/c1-5-42(3,4)27-15-11-24(12-16-27)38-30(43)40-29(28-17-18-37-41(28)25-13-9-22(20-36)10-14-25)21(2)39(31(40)44)26-8-6-7-23(19-26)32(33,34)35;1-2-4-6-5-3-1/h6-10,13-14,17-19,24,27H,5,11-12,15-16H2,1-4H3;1-6H/p+1. The van der Waals surface area contributed by atoms with Gasteiger partial charge in [0.25, 0.3) is 0 Å². The van der Waals surface area contributed by atoms with Gasteiger partial charge in [0, 0.05) is 18.9 Å². The molecule has 0 radical (unpaired) electrons. The topological polar surface area (TPSA) is 97.6 Å². The van der Waals surface area contributed by atoms with E-state index in [-0.39, 0.29) is 23.1 Å². The molecule has 5 aromatic rings. The Bertz CT molecular complexity index is 1990. The van der Waals surface area contributed by atoms with Crippen LogP contribution in [0.2, 0.25) is 0 Å². The van der Waals surface area contributed by atoms with E-state index in [1.54, 1.807) is 37.3 Å². The van der Waals surface area contributed by atoms with Gasteiger partial charge in [0.2, 0.25) is 0 Å². The van der Waals surface area contributed by atoms with Crippen LogP contribution in [-0.4, -0.2) is 62.2 Å². The quantitative estimate of drug-likeness (QED) is 0.189. The van der Waals surface area contributed by atoms with Crippen LogP contribution in [0.1, 0.15) is 49.4 Å². The normalized spacial score (nSPS) is 16.2. The van der Waals surface area contributed by atoms with Crippen LogP contribution in [-0.2, 0) is 6.18 Å². The smallest absolute Gasteiger partial charge is 0.335 e. The van der Waals surface area contributed by atoms with E-state index in [9.17, 15) is 28.0 Å². The predicted molar refractivity (Wildman–Crippen MR) is 186 cm³/mol. The zero-order valence-corrected chi connectivity index (χ0v) is 28.6. The summed E-state index contributed by atoms with van der Waals surface area (Å²) in [5.74, 6) is 0. The number of hydrogen-bond acceptors (Lipinski definition) is 4. The summed E-state index contributed by atoms with van der Waals surface area (Å²) in [5, 5.41) is 16.6. The Morgan fingerprint density at radius 2 is 1.56 bits per heavy atom. The Balaban J connectivity index is 0.000000732. The number of carbonyl (C=O) groups excluding carboxylic acids is 1. The summed E-state index contributed by atoms with van der Waals surface area (Å²) < 4.78 is 45.4. The lowest BCUT2D eigenvalue weighted by Gasteiger charge is -2.41. The SMILES string of the molecule is CC[N+](C)(C)C1CCC(NC(=O)n2c(-c3ccnn3-c3ccc(C#N)cc3)c(C)n(-c3cccc(C(F)(F)F)c3)c2=O)CC1.c1ccccc1. The Kier molecular flexibility index (Phi) is 10.8. The molecule has 0 bridgehead atoms. The van der Waals surface area contributed by atoms with Crippen molar-refractivity contribution >= 4 is 6.03 Å². The average Bonchev–Trinajstić information content (AvgIpc) is 3.70. The molecule has 9 nitrogen and oxygen atoms in total. The zero-order valence-electron chi connectivity index (χ0n) is 28.6. The van der Waals surface area contributed by atoms with Gasteiger partial charge in [0.1, 0.15) is 5.69 Å². The maximum Gasteiger partial charge on any atom is 0.416 e. The number of aromatic nitrogens is 4. The lowest BCUT2D eigenvalue weighted by molar-refractivity contribution is -0.914. The van der Waals surface area contributed by atoms with Crippen molar-refractivity contribution in [1.82, 2.24) is 24.2 Å². The van der Waals surface area contributed by atoms with E-state index < -0.39 is 23.5 Å². The fourth-order valence-electron chi connectivity index (χ4n) is 6.39. The number of nitrogens with one attached hydrogen (secondary N) is 1. The molecule has 1 fully saturated rings. The fourth-order valence-corrected chi connectivity index (χ4v) is 6.39. The molecule has 1 aliphatic rings. The first kappa shape index (κ1) is 35.9. The van der Waals surface area contributed by atoms with Gasteiger partial charge in [-0.05, 0) is 75.2 Å². The van der Waals surface area contributed by atoms with Crippen LogP contribution in [0.4, 0.5) is 18.0 Å². The van der Waals surface area contributed by atoms with Gasteiger partial charge in [-0.1, -0.05) is 42.5 Å². The lowest BCUT2D eigenvalue weighted by atomic mass is 9.89. The van der Waals surface area contributed by atoms with E-state index in [1.807, 2.05) is 36.4 Å². The third-order valence-electron chi connectivity index (χ3n) is 9.54. The summed E-state index contributed by atoms with van der Waals surface area (Å²) in [6, 6.07) is 26.4. The molecule has 0 spiro atoms. The molecule has 0 atom stereocenters. The van der Waals surface area contributed by atoms with Crippen LogP contribution in [0, 0.1) is 18.3 Å². The summed E-state index contributed by atoms with van der Waals surface area (Å²) in [4.78, 5) is 27.9. The highest BCUT2D eigenvalue weighted by atomic mass is 19.4. The van der Waals surface area contributed by atoms with E-state index in [0.29, 0.717) is 23.0 Å². The molecular weight excluding hydrogens is 643 g/mol. The van der Waals surface area contributed by atoms with Gasteiger partial charge in [0.05, 0.1) is 72.8 Å². The molecule has 2 aromatic heterocycles. The van der Waals surface area contributed by atoms with Crippen molar-refractivity contribution in [3.05, 3.63) is 124 Å². The van der Waals surface area contributed by atoms with Gasteiger partial charge in [0.15, 0.2) is 0 Å². The van der Waals surface area contributed by atoms with Crippen molar-refractivity contribution in [3.63, 3.8) is 0 Å². The Labute approximate surface area is 289 Å². The number of amides is 1. The summed E-state index contributed by atoms with van der Waals surface area (Å²) in [5.41, 5.74) is 0.156. The van der Waals surface area contributed by atoms with Gasteiger partial charge in [-0.3, -0.25) is 4.57 Å². The maximum absolute atomic E-state index is 14.0. The molecular formula is C38H41F3N7O2+. The molecule has 2 heterocycles. The predicted octanol–water partition coefficient (Wildman–Crippen LogP) is 7.34. The van der Waals surface area contributed by atoms with Gasteiger partial charge in [-0.15, -0.1) is 0 Å². The third-order valence-corrected chi connectivity index (χ3v) is 9.54. The molecule has 50 heavy (non-hydrogen) atoms. The van der Waals surface area contributed by atoms with Gasteiger partial charge in [-0.2, -0.15) is 23.5 Å². The summed E-state index contributed by atoms with van der Waals surface area (Å²) in [6.07, 6.45) is 0.231. The van der Waals surface area contributed by atoms with Crippen LogP contribution in [0.5, 0.6) is 0 Å². The van der Waals surface area contributed by atoms with Crippen molar-refractivity contribution < 1.29 is 22.4 Å². The maximum atomic E-state index is 14.0. The first-order valence-corrected chi connectivity index (χ1v) is 16.6. The minimum Gasteiger partial charge on any atom is -0.335 e. The van der Waals surface area contributed by atoms with Crippen molar-refractivity contribution in [2.75, 3.05) is 20.6 Å². The molecule has 3 aromatic carbocycles. The molecule has 0 aliphatic heterocycles. The van der Waals surface area contributed by atoms with Crippen LogP contribution in [0.15, 0.2) is 102 Å². The second-order valence-electron chi connectivity index (χ2n) is 12.9. The van der Waals surface area contributed by atoms with E-state index in [2.05, 4.69) is 37.5 Å². The second-order valence-corrected chi connectivity index (χ2v) is 12.9. The van der Waals surface area contributed by atoms with Crippen molar-refractivity contribution in [2.45, 2.75) is 57.8 Å². The monoisotopic (exact) mass is 684 g/mol. The summed E-state index contributed by atoms with van der Waals surface area (Å²) in [6.45, 7) is 4.74. The summed E-state index contributed by atoms with van der Waals surface area (Å²) in [7, 11) is 4.40. The van der Waals surface area contributed by atoms with Gasteiger partial charge in [-0.25, -0.2) is 18.8 Å². The summed E-state index contributed by atoms with van der Waals surface area (Å²) >= 11 is 0. The highest BCUT2D eigenvalue weighted by Crippen LogP contribution is 2.32. The molecule has 1 amide bonds. The first-order valence-electron chi connectivity index (χ1n) is 16.6. The number of rotatable bonds is 6. The number of nitrogens with zero attached hydrogens (tertiary/aromatic N) is 6. The Morgan fingerprint density at radius 1 is 0.940 bits per heavy atom. The third kappa shape index (κ3) is 7.74. The Morgan fingerprint density at radius 3 is 2.12 bits per heavy atom. The van der Waals surface area contributed by atoms with Crippen LogP contribution in [0.3, 0.4) is 0 Å². The first-order chi connectivity index (χ1) is 23.9. The van der Waals surface area contributed by atoms with Crippen LogP contribution >= 0.6 is 0 Å². The van der Waals surface area contributed by atoms with Gasteiger partial charge < -0.3 is 9.80 Å². The molecule has 1 saturated carbocycles. The highest BCUT2D eigenvalue weighted by molar-refractivity contribution is 5.83. The van der Waals surface area contributed by atoms with E-state index in [1.165, 1.54) is 23.0 Å². The number of benzene rings is 3. The fraction of sp³-hybridized carbons (Fsp3) is 0.316. The highest BCUT2D eigenvalue weighted by Gasteiger charge is 2.34. The van der Waals surface area contributed by atoms with Gasteiger partial charge >= 0.3 is 17.9 Å². The minimum absolute atomic E-state index is 0.0142. The average molecular weight is 685 g/mol. The molecule has 0 unspecified atom stereocenters. The van der Waals surface area contributed by atoms with E-state index in [4.69, 9.17) is 0 Å².